The summed E-state index contributed by atoms with van der Waals surface area (Å²) in [6.45, 7) is 3.36. The van der Waals surface area contributed by atoms with E-state index in [1.54, 1.807) is 23.1 Å². The van der Waals surface area contributed by atoms with Gasteiger partial charge in [0, 0.05) is 19.2 Å². The third-order valence-electron chi connectivity index (χ3n) is 4.17. The maximum atomic E-state index is 12.4. The maximum Gasteiger partial charge on any atom is 0.294 e. The van der Waals surface area contributed by atoms with E-state index in [0.717, 1.165) is 29.5 Å². The summed E-state index contributed by atoms with van der Waals surface area (Å²) in [4.78, 5) is 39.9. The van der Waals surface area contributed by atoms with Crippen molar-refractivity contribution in [1.29, 1.82) is 0 Å². The third kappa shape index (κ3) is 3.85. The highest BCUT2D eigenvalue weighted by Gasteiger charge is 2.37. The number of imide groups is 1. The Bertz CT molecular complexity index is 707. The van der Waals surface area contributed by atoms with Crippen molar-refractivity contribution in [3.63, 3.8) is 0 Å². The van der Waals surface area contributed by atoms with E-state index in [0.29, 0.717) is 28.5 Å². The van der Waals surface area contributed by atoms with E-state index in [-0.39, 0.29) is 17.4 Å². The number of amides is 3. The lowest BCUT2D eigenvalue weighted by Gasteiger charge is -2.31. The molecule has 0 unspecified atom stereocenters. The predicted octanol–water partition coefficient (Wildman–Crippen LogP) is 3.18. The van der Waals surface area contributed by atoms with Gasteiger partial charge in [0.25, 0.3) is 11.1 Å². The van der Waals surface area contributed by atoms with Gasteiger partial charge in [-0.2, -0.15) is 0 Å². The van der Waals surface area contributed by atoms with Crippen molar-refractivity contribution in [3.05, 3.63) is 26.6 Å². The van der Waals surface area contributed by atoms with Crippen molar-refractivity contribution in [2.75, 3.05) is 19.6 Å². The van der Waals surface area contributed by atoms with Crippen LogP contribution in [-0.2, 0) is 9.59 Å². The molecular weight excluding hydrogens is 443 g/mol. The Morgan fingerprint density at radius 1 is 1.38 bits per heavy atom. The van der Waals surface area contributed by atoms with E-state index in [4.69, 9.17) is 4.42 Å². The molecule has 128 valence electrons. The van der Waals surface area contributed by atoms with Gasteiger partial charge in [-0.1, -0.05) is 6.92 Å². The molecular formula is C16H17IN2O4S. The second kappa shape index (κ2) is 7.30. The average molecular weight is 460 g/mol. The number of nitrogens with zero attached hydrogens (tertiary/aromatic N) is 2. The minimum Gasteiger partial charge on any atom is -0.451 e. The molecule has 2 fully saturated rings. The zero-order chi connectivity index (χ0) is 17.3. The fourth-order valence-electron chi connectivity index (χ4n) is 2.66. The summed E-state index contributed by atoms with van der Waals surface area (Å²) >= 11 is 2.87. The highest BCUT2D eigenvalue weighted by Crippen LogP contribution is 2.32. The van der Waals surface area contributed by atoms with Gasteiger partial charge in [0.1, 0.15) is 12.3 Å². The molecule has 0 bridgehead atoms. The molecule has 0 N–H and O–H groups in total. The van der Waals surface area contributed by atoms with Crippen LogP contribution in [0, 0.1) is 9.68 Å². The normalized spacial score (nSPS) is 21.2. The summed E-state index contributed by atoms with van der Waals surface area (Å²) in [5, 5.41) is -0.411. The molecule has 0 radical (unpaired) electrons. The van der Waals surface area contributed by atoms with E-state index in [9.17, 15) is 14.4 Å². The molecule has 6 nitrogen and oxygen atoms in total. The molecule has 3 heterocycles. The number of likely N-dealkylation sites (tertiary alicyclic amines) is 1. The SMILES string of the molecule is CC1CCN(C(=O)CN2C(=O)S/C(=C\c3ccc(I)o3)C2=O)CC1. The minimum atomic E-state index is -0.435. The molecule has 2 saturated heterocycles. The average Bonchev–Trinajstić information content (AvgIpc) is 3.06. The standard InChI is InChI=1S/C16H17IN2O4S/c1-10-4-6-18(7-5-10)14(20)9-19-15(21)12(24-16(19)22)8-11-2-3-13(17)23-11/h2-3,8,10H,4-7,9H2,1H3/b12-8-. The number of hydrogen-bond donors (Lipinski definition) is 0. The van der Waals surface area contributed by atoms with Crippen molar-refractivity contribution in [2.45, 2.75) is 19.8 Å². The van der Waals surface area contributed by atoms with Gasteiger partial charge in [0.2, 0.25) is 5.91 Å². The van der Waals surface area contributed by atoms with Crippen LogP contribution >= 0.6 is 34.4 Å². The van der Waals surface area contributed by atoms with Gasteiger partial charge >= 0.3 is 0 Å². The maximum absolute atomic E-state index is 12.4. The number of furan rings is 1. The fourth-order valence-corrected chi connectivity index (χ4v) is 3.92. The van der Waals surface area contributed by atoms with Gasteiger partial charge < -0.3 is 9.32 Å². The Morgan fingerprint density at radius 3 is 2.71 bits per heavy atom. The lowest BCUT2D eigenvalue weighted by Crippen LogP contribution is -2.45. The summed E-state index contributed by atoms with van der Waals surface area (Å²) < 4.78 is 6.09. The first-order valence-corrected chi connectivity index (χ1v) is 9.62. The van der Waals surface area contributed by atoms with Gasteiger partial charge in [0.15, 0.2) is 3.77 Å². The molecule has 0 aliphatic carbocycles. The number of rotatable bonds is 3. The van der Waals surface area contributed by atoms with Crippen molar-refractivity contribution in [3.8, 4) is 0 Å². The molecule has 0 saturated carbocycles. The largest absolute Gasteiger partial charge is 0.451 e. The number of carbonyl (C=O) groups is 3. The Kier molecular flexibility index (Phi) is 5.33. The quantitative estimate of drug-likeness (QED) is 0.512. The minimum absolute atomic E-state index is 0.169. The van der Waals surface area contributed by atoms with Crippen molar-refractivity contribution in [1.82, 2.24) is 9.80 Å². The van der Waals surface area contributed by atoms with Crippen molar-refractivity contribution in [2.24, 2.45) is 5.92 Å². The van der Waals surface area contributed by atoms with Crippen LogP contribution in [0.5, 0.6) is 0 Å². The summed E-state index contributed by atoms with van der Waals surface area (Å²) in [5.74, 6) is 0.527. The van der Waals surface area contributed by atoms with Gasteiger partial charge in [-0.3, -0.25) is 19.3 Å². The molecule has 24 heavy (non-hydrogen) atoms. The Labute approximate surface area is 157 Å². The topological polar surface area (TPSA) is 70.8 Å². The Morgan fingerprint density at radius 2 is 2.08 bits per heavy atom. The van der Waals surface area contributed by atoms with Crippen LogP contribution in [0.3, 0.4) is 0 Å². The van der Waals surface area contributed by atoms with E-state index in [1.807, 2.05) is 22.6 Å². The molecule has 3 rings (SSSR count). The van der Waals surface area contributed by atoms with Gasteiger partial charge in [0.05, 0.1) is 4.91 Å². The molecule has 0 atom stereocenters. The van der Waals surface area contributed by atoms with Gasteiger partial charge in [-0.05, 0) is 65.2 Å². The van der Waals surface area contributed by atoms with E-state index in [1.165, 1.54) is 0 Å². The zero-order valence-electron chi connectivity index (χ0n) is 13.2. The van der Waals surface area contributed by atoms with Gasteiger partial charge in [-0.15, -0.1) is 0 Å². The van der Waals surface area contributed by atoms with E-state index >= 15 is 0 Å². The Balaban J connectivity index is 1.66. The first-order chi connectivity index (χ1) is 11.4. The summed E-state index contributed by atoms with van der Waals surface area (Å²) in [6, 6.07) is 3.51. The van der Waals surface area contributed by atoms with Crippen molar-refractivity contribution >= 4 is 57.5 Å². The molecule has 0 spiro atoms. The van der Waals surface area contributed by atoms with Crippen LogP contribution in [0.2, 0.25) is 0 Å². The van der Waals surface area contributed by atoms with E-state index in [2.05, 4.69) is 6.92 Å². The lowest BCUT2D eigenvalue weighted by molar-refractivity contribution is -0.136. The number of halogens is 1. The molecule has 1 aromatic rings. The first kappa shape index (κ1) is 17.5. The second-order valence-corrected chi connectivity index (χ2v) is 8.03. The zero-order valence-corrected chi connectivity index (χ0v) is 16.1. The molecule has 0 aromatic carbocycles. The lowest BCUT2D eigenvalue weighted by atomic mass is 9.99. The first-order valence-electron chi connectivity index (χ1n) is 7.72. The van der Waals surface area contributed by atoms with Crippen LogP contribution < -0.4 is 0 Å². The van der Waals surface area contributed by atoms with Crippen molar-refractivity contribution < 1.29 is 18.8 Å². The molecule has 8 heteroatoms. The van der Waals surface area contributed by atoms with Crippen LogP contribution in [0.1, 0.15) is 25.5 Å². The molecule has 2 aliphatic rings. The molecule has 2 aliphatic heterocycles. The number of thioether (sulfide) groups is 1. The smallest absolute Gasteiger partial charge is 0.294 e. The summed E-state index contributed by atoms with van der Waals surface area (Å²) in [6.07, 6.45) is 3.47. The third-order valence-corrected chi connectivity index (χ3v) is 5.66. The van der Waals surface area contributed by atoms with Gasteiger partial charge in [-0.25, -0.2) is 0 Å². The fraction of sp³-hybridized carbons (Fsp3) is 0.438. The number of hydrogen-bond acceptors (Lipinski definition) is 5. The van der Waals surface area contributed by atoms with Crippen LogP contribution in [0.25, 0.3) is 6.08 Å². The Hall–Kier alpha value is -1.29. The molecule has 3 amide bonds. The second-order valence-electron chi connectivity index (χ2n) is 5.97. The van der Waals surface area contributed by atoms with E-state index < -0.39 is 11.1 Å². The number of piperidine rings is 1. The predicted molar refractivity (Wildman–Crippen MR) is 99.1 cm³/mol. The summed E-state index contributed by atoms with van der Waals surface area (Å²) in [7, 11) is 0. The van der Waals surface area contributed by atoms with Crippen LogP contribution in [0.15, 0.2) is 21.5 Å². The monoisotopic (exact) mass is 460 g/mol. The number of carbonyl (C=O) groups excluding carboxylic acids is 3. The van der Waals surface area contributed by atoms with Crippen LogP contribution in [0.4, 0.5) is 4.79 Å². The van der Waals surface area contributed by atoms with Crippen LogP contribution in [-0.4, -0.2) is 46.5 Å². The highest BCUT2D eigenvalue weighted by atomic mass is 127. The summed E-state index contributed by atoms with van der Waals surface area (Å²) in [5.41, 5.74) is 0. The molecule has 1 aromatic heterocycles. The highest BCUT2D eigenvalue weighted by molar-refractivity contribution is 14.1.